The Bertz CT molecular complexity index is 688. The van der Waals surface area contributed by atoms with E-state index in [2.05, 4.69) is 31.0 Å². The maximum atomic E-state index is 12.4. The van der Waals surface area contributed by atoms with Crippen LogP contribution in [0.5, 0.6) is 5.75 Å². The van der Waals surface area contributed by atoms with Gasteiger partial charge in [0.15, 0.2) is 0 Å². The number of aromatic amines is 1. The molecule has 0 saturated carbocycles. The molecule has 0 fully saturated rings. The molecule has 1 aromatic carbocycles. The maximum absolute atomic E-state index is 12.4. The van der Waals surface area contributed by atoms with Gasteiger partial charge in [-0.15, -0.1) is 0 Å². The highest BCUT2D eigenvalue weighted by molar-refractivity contribution is 5.87. The third kappa shape index (κ3) is 2.82. The maximum Gasteiger partial charge on any atom is 0.223 e. The Hall–Kier alpha value is -1.97. The van der Waals surface area contributed by atoms with Crippen molar-refractivity contribution < 1.29 is 9.53 Å². The van der Waals surface area contributed by atoms with Gasteiger partial charge in [0.05, 0.1) is 7.11 Å². The summed E-state index contributed by atoms with van der Waals surface area (Å²) in [4.78, 5) is 18.0. The number of nitrogens with one attached hydrogen (secondary N) is 1. The van der Waals surface area contributed by atoms with Gasteiger partial charge in [-0.1, -0.05) is 13.8 Å². The van der Waals surface area contributed by atoms with Gasteiger partial charge in [-0.05, 0) is 37.0 Å². The monoisotopic (exact) mass is 300 g/mol. The van der Waals surface area contributed by atoms with Crippen molar-refractivity contribution in [2.24, 2.45) is 5.92 Å². The molecule has 0 bridgehead atoms. The molecule has 1 N–H and O–H groups in total. The van der Waals surface area contributed by atoms with Crippen LogP contribution >= 0.6 is 0 Å². The molecular formula is C18H24N2O2. The molecule has 0 unspecified atom stereocenters. The van der Waals surface area contributed by atoms with E-state index in [9.17, 15) is 4.79 Å². The van der Waals surface area contributed by atoms with E-state index in [-0.39, 0.29) is 5.91 Å². The van der Waals surface area contributed by atoms with Gasteiger partial charge in [-0.3, -0.25) is 4.79 Å². The fourth-order valence-electron chi connectivity index (χ4n) is 3.21. The molecule has 4 nitrogen and oxygen atoms in total. The lowest BCUT2D eigenvalue weighted by Gasteiger charge is -2.21. The van der Waals surface area contributed by atoms with E-state index >= 15 is 0 Å². The molecule has 1 amide bonds. The molecule has 4 heteroatoms. The number of amides is 1. The SMILES string of the molecule is COc1ccc2[nH]c3c(c2c1)CN(C(=O)CC(C)C)CCC3. The summed E-state index contributed by atoms with van der Waals surface area (Å²) in [6, 6.07) is 6.10. The van der Waals surface area contributed by atoms with E-state index in [4.69, 9.17) is 4.74 Å². The lowest BCUT2D eigenvalue weighted by atomic mass is 10.1. The highest BCUT2D eigenvalue weighted by Crippen LogP contribution is 2.30. The van der Waals surface area contributed by atoms with Crippen molar-refractivity contribution in [3.63, 3.8) is 0 Å². The lowest BCUT2D eigenvalue weighted by Crippen LogP contribution is -2.31. The zero-order valence-corrected chi connectivity index (χ0v) is 13.6. The summed E-state index contributed by atoms with van der Waals surface area (Å²) in [5.41, 5.74) is 3.65. The molecule has 0 spiro atoms. The van der Waals surface area contributed by atoms with Crippen molar-refractivity contribution in [2.45, 2.75) is 39.7 Å². The number of aryl methyl sites for hydroxylation is 1. The summed E-state index contributed by atoms with van der Waals surface area (Å²) >= 11 is 0. The molecule has 1 aliphatic rings. The van der Waals surface area contributed by atoms with Crippen LogP contribution in [0.3, 0.4) is 0 Å². The minimum Gasteiger partial charge on any atom is -0.497 e. The average molecular weight is 300 g/mol. The number of ether oxygens (including phenoxy) is 1. The Balaban J connectivity index is 1.95. The smallest absolute Gasteiger partial charge is 0.223 e. The van der Waals surface area contributed by atoms with Crippen LogP contribution in [-0.4, -0.2) is 29.4 Å². The first kappa shape index (κ1) is 14.9. The first-order valence-electron chi connectivity index (χ1n) is 8.03. The molecule has 2 aromatic rings. The van der Waals surface area contributed by atoms with E-state index in [1.54, 1.807) is 7.11 Å². The van der Waals surface area contributed by atoms with Gasteiger partial charge >= 0.3 is 0 Å². The Kier molecular flexibility index (Phi) is 4.10. The number of benzene rings is 1. The normalized spacial score (nSPS) is 15.0. The van der Waals surface area contributed by atoms with Crippen LogP contribution < -0.4 is 4.74 Å². The number of nitrogens with zero attached hydrogens (tertiary/aromatic N) is 1. The van der Waals surface area contributed by atoms with Crippen LogP contribution in [0.15, 0.2) is 18.2 Å². The third-order valence-electron chi connectivity index (χ3n) is 4.34. The van der Waals surface area contributed by atoms with Crippen molar-refractivity contribution >= 4 is 16.8 Å². The van der Waals surface area contributed by atoms with Gasteiger partial charge in [-0.2, -0.15) is 0 Å². The second-order valence-corrected chi connectivity index (χ2v) is 6.51. The Morgan fingerprint density at radius 1 is 1.41 bits per heavy atom. The predicted octanol–water partition coefficient (Wildman–Crippen LogP) is 3.50. The van der Waals surface area contributed by atoms with Gasteiger partial charge < -0.3 is 14.6 Å². The average Bonchev–Trinajstić information content (AvgIpc) is 2.68. The molecule has 2 heterocycles. The van der Waals surface area contributed by atoms with Gasteiger partial charge in [-0.25, -0.2) is 0 Å². The van der Waals surface area contributed by atoms with Crippen LogP contribution in [0.1, 0.15) is 37.9 Å². The number of rotatable bonds is 3. The molecule has 0 atom stereocenters. The van der Waals surface area contributed by atoms with E-state index in [1.807, 2.05) is 11.0 Å². The van der Waals surface area contributed by atoms with Gasteiger partial charge in [0.25, 0.3) is 0 Å². The van der Waals surface area contributed by atoms with Crippen LogP contribution in [0.2, 0.25) is 0 Å². The number of hydrogen-bond donors (Lipinski definition) is 1. The summed E-state index contributed by atoms with van der Waals surface area (Å²) in [6.07, 6.45) is 2.64. The molecule has 0 radical (unpaired) electrons. The summed E-state index contributed by atoms with van der Waals surface area (Å²) in [5, 5.41) is 1.18. The van der Waals surface area contributed by atoms with Gasteiger partial charge in [0.1, 0.15) is 5.75 Å². The number of carbonyl (C=O) groups is 1. The van der Waals surface area contributed by atoms with Gasteiger partial charge in [0.2, 0.25) is 5.91 Å². The number of fused-ring (bicyclic) bond motifs is 3. The van der Waals surface area contributed by atoms with Crippen molar-refractivity contribution in [1.82, 2.24) is 9.88 Å². The molecule has 22 heavy (non-hydrogen) atoms. The number of H-pyrrole nitrogens is 1. The zero-order valence-electron chi connectivity index (χ0n) is 13.6. The highest BCUT2D eigenvalue weighted by atomic mass is 16.5. The van der Waals surface area contributed by atoms with Crippen LogP contribution in [0.25, 0.3) is 10.9 Å². The molecule has 1 aromatic heterocycles. The quantitative estimate of drug-likeness (QED) is 0.943. The van der Waals surface area contributed by atoms with Crippen molar-refractivity contribution in [3.8, 4) is 5.75 Å². The summed E-state index contributed by atoms with van der Waals surface area (Å²) in [5.74, 6) is 1.52. The van der Waals surface area contributed by atoms with Crippen molar-refractivity contribution in [1.29, 1.82) is 0 Å². The number of carbonyl (C=O) groups excluding carboxylic acids is 1. The largest absolute Gasteiger partial charge is 0.497 e. The van der Waals surface area contributed by atoms with E-state index < -0.39 is 0 Å². The van der Waals surface area contributed by atoms with Crippen LogP contribution in [-0.2, 0) is 17.8 Å². The Morgan fingerprint density at radius 3 is 2.95 bits per heavy atom. The predicted molar refractivity (Wildman–Crippen MR) is 88.0 cm³/mol. The van der Waals surface area contributed by atoms with Crippen molar-refractivity contribution in [2.75, 3.05) is 13.7 Å². The molecule has 0 saturated heterocycles. The lowest BCUT2D eigenvalue weighted by molar-refractivity contribution is -0.132. The van der Waals surface area contributed by atoms with E-state index in [0.29, 0.717) is 18.9 Å². The number of hydrogen-bond acceptors (Lipinski definition) is 2. The summed E-state index contributed by atoms with van der Waals surface area (Å²) in [6.45, 7) is 5.74. The summed E-state index contributed by atoms with van der Waals surface area (Å²) in [7, 11) is 1.69. The van der Waals surface area contributed by atoms with E-state index in [0.717, 1.165) is 30.7 Å². The Labute approximate surface area is 131 Å². The highest BCUT2D eigenvalue weighted by Gasteiger charge is 2.22. The van der Waals surface area contributed by atoms with E-state index in [1.165, 1.54) is 16.6 Å². The second kappa shape index (κ2) is 6.03. The first-order valence-corrected chi connectivity index (χ1v) is 8.03. The number of methoxy groups -OCH3 is 1. The summed E-state index contributed by atoms with van der Waals surface area (Å²) < 4.78 is 5.35. The van der Waals surface area contributed by atoms with Crippen LogP contribution in [0.4, 0.5) is 0 Å². The fraction of sp³-hybridized carbons (Fsp3) is 0.500. The molecule has 1 aliphatic heterocycles. The first-order chi connectivity index (χ1) is 10.6. The Morgan fingerprint density at radius 2 is 2.23 bits per heavy atom. The van der Waals surface area contributed by atoms with Gasteiger partial charge in [0, 0.05) is 41.7 Å². The second-order valence-electron chi connectivity index (χ2n) is 6.51. The minimum absolute atomic E-state index is 0.264. The standard InChI is InChI=1S/C18H24N2O2/c1-12(2)9-18(21)20-8-4-5-16-15(11-20)14-10-13(22-3)6-7-17(14)19-16/h6-7,10,12,19H,4-5,8-9,11H2,1-3H3. The zero-order chi connectivity index (χ0) is 15.7. The third-order valence-corrected chi connectivity index (χ3v) is 4.34. The number of aromatic nitrogens is 1. The molecule has 3 rings (SSSR count). The minimum atomic E-state index is 0.264. The van der Waals surface area contributed by atoms with Crippen molar-refractivity contribution in [3.05, 3.63) is 29.5 Å². The molecule has 0 aliphatic carbocycles. The topological polar surface area (TPSA) is 45.3 Å². The molecular weight excluding hydrogens is 276 g/mol. The fourth-order valence-corrected chi connectivity index (χ4v) is 3.21. The van der Waals surface area contributed by atoms with Crippen LogP contribution in [0, 0.1) is 5.92 Å². The molecule has 118 valence electrons.